The van der Waals surface area contributed by atoms with Crippen LogP contribution >= 0.6 is 15.9 Å². The smallest absolute Gasteiger partial charge is 0.410 e. The molecule has 3 heterocycles. The van der Waals surface area contributed by atoms with Crippen molar-refractivity contribution in [3.63, 3.8) is 0 Å². The Morgan fingerprint density at radius 2 is 2.07 bits per heavy atom. The van der Waals surface area contributed by atoms with Crippen LogP contribution in [0.2, 0.25) is 0 Å². The second kappa shape index (κ2) is 8.75. The van der Waals surface area contributed by atoms with E-state index in [0.717, 1.165) is 12.8 Å². The van der Waals surface area contributed by atoms with Gasteiger partial charge in [-0.1, -0.05) is 0 Å². The molecular formula is C21H26BrN3O5. The molecule has 9 heteroatoms. The van der Waals surface area contributed by atoms with Crippen molar-refractivity contribution in [3.8, 4) is 0 Å². The van der Waals surface area contributed by atoms with Crippen molar-refractivity contribution in [1.29, 1.82) is 0 Å². The van der Waals surface area contributed by atoms with Crippen LogP contribution < -0.4 is 5.43 Å². The Bertz CT molecular complexity index is 1030. The second-order valence-corrected chi connectivity index (χ2v) is 9.16. The first-order valence-electron chi connectivity index (χ1n) is 9.96. The maximum atomic E-state index is 12.9. The molecule has 1 atom stereocenters. The van der Waals surface area contributed by atoms with Crippen LogP contribution in [0.3, 0.4) is 0 Å². The summed E-state index contributed by atoms with van der Waals surface area (Å²) in [6.45, 7) is 8.33. The van der Waals surface area contributed by atoms with E-state index in [4.69, 9.17) is 9.47 Å². The number of esters is 1. The quantitative estimate of drug-likeness (QED) is 0.619. The van der Waals surface area contributed by atoms with E-state index in [1.165, 1.54) is 6.20 Å². The van der Waals surface area contributed by atoms with Gasteiger partial charge in [0.1, 0.15) is 16.8 Å². The molecule has 3 rings (SSSR count). The minimum absolute atomic E-state index is 0.0429. The van der Waals surface area contributed by atoms with Crippen LogP contribution in [-0.4, -0.2) is 51.8 Å². The summed E-state index contributed by atoms with van der Waals surface area (Å²) in [6.07, 6.45) is 4.28. The molecule has 1 saturated heterocycles. The molecule has 0 radical (unpaired) electrons. The molecule has 2 aromatic heterocycles. The number of carbonyl (C=O) groups is 2. The first-order valence-corrected chi connectivity index (χ1v) is 10.8. The lowest BCUT2D eigenvalue weighted by Crippen LogP contribution is -2.43. The summed E-state index contributed by atoms with van der Waals surface area (Å²) >= 11 is 3.34. The number of hydrogen-bond donors (Lipinski definition) is 0. The van der Waals surface area contributed by atoms with E-state index in [2.05, 4.69) is 20.9 Å². The van der Waals surface area contributed by atoms with E-state index in [9.17, 15) is 14.4 Å². The molecule has 2 aromatic rings. The van der Waals surface area contributed by atoms with Gasteiger partial charge >= 0.3 is 12.1 Å². The first kappa shape index (κ1) is 22.3. The first-order chi connectivity index (χ1) is 14.1. The lowest BCUT2D eigenvalue weighted by Gasteiger charge is -2.35. The van der Waals surface area contributed by atoms with E-state index >= 15 is 0 Å². The Labute approximate surface area is 183 Å². The van der Waals surface area contributed by atoms with Gasteiger partial charge in [-0.2, -0.15) is 0 Å². The zero-order valence-electron chi connectivity index (χ0n) is 17.6. The number of fused-ring (bicyclic) bond motifs is 1. The Kier molecular flexibility index (Phi) is 6.50. The summed E-state index contributed by atoms with van der Waals surface area (Å²) in [5.41, 5.74) is -0.585. The molecule has 0 unspecified atom stereocenters. The van der Waals surface area contributed by atoms with Crippen LogP contribution in [0.4, 0.5) is 4.79 Å². The van der Waals surface area contributed by atoms with Crippen LogP contribution in [-0.2, 0) is 9.47 Å². The topological polar surface area (TPSA) is 90.7 Å². The average Bonchev–Trinajstić information content (AvgIpc) is 2.67. The number of hydrogen-bond acceptors (Lipinski definition) is 6. The minimum atomic E-state index is -0.669. The lowest BCUT2D eigenvalue weighted by molar-refractivity contribution is 0.0173. The molecule has 0 bridgehead atoms. The highest BCUT2D eigenvalue weighted by Crippen LogP contribution is 2.27. The normalized spacial score (nSPS) is 17.1. The summed E-state index contributed by atoms with van der Waals surface area (Å²) in [7, 11) is 0. The number of carbonyl (C=O) groups excluding carboxylic acids is 2. The zero-order valence-corrected chi connectivity index (χ0v) is 19.2. The monoisotopic (exact) mass is 479 g/mol. The molecule has 30 heavy (non-hydrogen) atoms. The van der Waals surface area contributed by atoms with Crippen LogP contribution in [0, 0.1) is 0 Å². The molecule has 1 amide bonds. The maximum Gasteiger partial charge on any atom is 0.410 e. The highest BCUT2D eigenvalue weighted by atomic mass is 79.9. The summed E-state index contributed by atoms with van der Waals surface area (Å²) in [4.78, 5) is 44.0. The van der Waals surface area contributed by atoms with Crippen LogP contribution in [0.15, 0.2) is 27.7 Å². The van der Waals surface area contributed by atoms with E-state index < -0.39 is 17.0 Å². The molecule has 0 spiro atoms. The molecule has 8 nitrogen and oxygen atoms in total. The van der Waals surface area contributed by atoms with Crippen LogP contribution in [0.5, 0.6) is 0 Å². The van der Waals surface area contributed by atoms with Crippen molar-refractivity contribution in [2.75, 3.05) is 19.7 Å². The average molecular weight is 480 g/mol. The maximum absolute atomic E-state index is 12.9. The number of nitrogens with zero attached hydrogens (tertiary/aromatic N) is 3. The third kappa shape index (κ3) is 4.83. The molecule has 1 aliphatic heterocycles. The lowest BCUT2D eigenvalue weighted by atomic mass is 10.0. The number of amides is 1. The summed E-state index contributed by atoms with van der Waals surface area (Å²) in [6, 6.07) is 1.49. The van der Waals surface area contributed by atoms with E-state index in [0.29, 0.717) is 28.6 Å². The molecule has 0 aliphatic carbocycles. The van der Waals surface area contributed by atoms with Crippen molar-refractivity contribution in [2.24, 2.45) is 0 Å². The van der Waals surface area contributed by atoms with Crippen molar-refractivity contribution in [3.05, 3.63) is 38.7 Å². The van der Waals surface area contributed by atoms with Gasteiger partial charge in [-0.15, -0.1) is 0 Å². The standard InChI is InChI=1S/C21H26BrN3O5/c1-5-29-19(27)16-12-25(18-15(17(16)26)9-13(22)10-23-18)14-7-6-8-24(11-14)20(28)30-21(2,3)4/h9-10,12,14H,5-8,11H2,1-4H3/t14-/m1/s1. The fourth-order valence-electron chi connectivity index (χ4n) is 3.52. The van der Waals surface area contributed by atoms with Gasteiger partial charge in [-0.25, -0.2) is 14.6 Å². The molecule has 0 aromatic carbocycles. The summed E-state index contributed by atoms with van der Waals surface area (Å²) in [5, 5.41) is 0.323. The number of piperidine rings is 1. The van der Waals surface area contributed by atoms with Crippen molar-refractivity contribution in [2.45, 2.75) is 52.2 Å². The predicted octanol–water partition coefficient (Wildman–Crippen LogP) is 3.91. The summed E-state index contributed by atoms with van der Waals surface area (Å²) in [5.74, 6) is -0.669. The van der Waals surface area contributed by atoms with Crippen molar-refractivity contribution < 1.29 is 19.1 Å². The number of pyridine rings is 2. The number of ether oxygens (including phenoxy) is 2. The molecule has 0 N–H and O–H groups in total. The van der Waals surface area contributed by atoms with Crippen molar-refractivity contribution in [1.82, 2.24) is 14.5 Å². The Morgan fingerprint density at radius 1 is 1.33 bits per heavy atom. The molecular weight excluding hydrogens is 454 g/mol. The van der Waals surface area contributed by atoms with E-state index in [1.807, 2.05) is 25.3 Å². The van der Waals surface area contributed by atoms with E-state index in [1.54, 1.807) is 24.1 Å². The minimum Gasteiger partial charge on any atom is -0.462 e. The highest BCUT2D eigenvalue weighted by Gasteiger charge is 2.30. The fourth-order valence-corrected chi connectivity index (χ4v) is 3.85. The van der Waals surface area contributed by atoms with Gasteiger partial charge in [0.25, 0.3) is 0 Å². The van der Waals surface area contributed by atoms with Crippen LogP contribution in [0.25, 0.3) is 11.0 Å². The van der Waals surface area contributed by atoms with Gasteiger partial charge < -0.3 is 18.9 Å². The zero-order chi connectivity index (χ0) is 22.1. The SMILES string of the molecule is CCOC(=O)c1cn([C@@H]2CCCN(C(=O)OC(C)(C)C)C2)c2ncc(Br)cc2c1=O. The number of likely N-dealkylation sites (tertiary alicyclic amines) is 1. The number of rotatable bonds is 3. The van der Waals surface area contributed by atoms with Gasteiger partial charge in [0.05, 0.1) is 18.0 Å². The Morgan fingerprint density at radius 3 is 2.73 bits per heavy atom. The van der Waals surface area contributed by atoms with Gasteiger partial charge in [0.2, 0.25) is 5.43 Å². The van der Waals surface area contributed by atoms with E-state index in [-0.39, 0.29) is 24.3 Å². The number of aromatic nitrogens is 2. The largest absolute Gasteiger partial charge is 0.462 e. The molecule has 0 saturated carbocycles. The molecule has 1 fully saturated rings. The highest BCUT2D eigenvalue weighted by molar-refractivity contribution is 9.10. The van der Waals surface area contributed by atoms with Gasteiger partial charge in [0.15, 0.2) is 0 Å². The van der Waals surface area contributed by atoms with Gasteiger partial charge in [0, 0.05) is 30.0 Å². The predicted molar refractivity (Wildman–Crippen MR) is 116 cm³/mol. The van der Waals surface area contributed by atoms with Crippen LogP contribution in [0.1, 0.15) is 56.9 Å². The third-order valence-corrected chi connectivity index (χ3v) is 5.21. The Hall–Kier alpha value is -2.42. The summed E-state index contributed by atoms with van der Waals surface area (Å²) < 4.78 is 13.0. The number of halogens is 1. The Balaban J connectivity index is 2.04. The molecule has 162 valence electrons. The van der Waals surface area contributed by atoms with Crippen molar-refractivity contribution >= 4 is 39.0 Å². The third-order valence-electron chi connectivity index (χ3n) is 4.77. The second-order valence-electron chi connectivity index (χ2n) is 8.25. The fraction of sp³-hybridized carbons (Fsp3) is 0.524. The van der Waals surface area contributed by atoms with Gasteiger partial charge in [-0.3, -0.25) is 4.79 Å². The van der Waals surface area contributed by atoms with Gasteiger partial charge in [-0.05, 0) is 62.5 Å². The molecule has 1 aliphatic rings.